The van der Waals surface area contributed by atoms with Crippen LogP contribution in [0.4, 0.5) is 5.69 Å². The summed E-state index contributed by atoms with van der Waals surface area (Å²) in [5.74, 6) is -0.0752. The predicted molar refractivity (Wildman–Crippen MR) is 83.8 cm³/mol. The maximum atomic E-state index is 12.1. The summed E-state index contributed by atoms with van der Waals surface area (Å²) in [5, 5.41) is 4.98. The Morgan fingerprint density at radius 2 is 2.22 bits per heavy atom. The molecule has 18 heavy (non-hydrogen) atoms. The molecule has 1 heterocycles. The van der Waals surface area contributed by atoms with Gasteiger partial charge in [0.1, 0.15) is 0 Å². The first-order chi connectivity index (χ1) is 8.58. The van der Waals surface area contributed by atoms with Crippen LogP contribution in [-0.2, 0) is 0 Å². The lowest BCUT2D eigenvalue weighted by molar-refractivity contribution is 0.0940. The number of halogens is 1. The van der Waals surface area contributed by atoms with Crippen molar-refractivity contribution in [2.75, 3.05) is 5.73 Å². The molecule has 1 unspecified atom stereocenters. The second kappa shape index (κ2) is 5.71. The van der Waals surface area contributed by atoms with Gasteiger partial charge in [-0.2, -0.15) is 0 Å². The van der Waals surface area contributed by atoms with Crippen molar-refractivity contribution in [3.63, 3.8) is 0 Å². The molecule has 0 saturated heterocycles. The first-order valence-corrected chi connectivity index (χ1v) is 7.43. The quantitative estimate of drug-likeness (QED) is 0.641. The van der Waals surface area contributed by atoms with Gasteiger partial charge in [-0.25, -0.2) is 0 Å². The molecule has 3 N–H and O–H groups in total. The third-order valence-electron chi connectivity index (χ3n) is 2.58. The van der Waals surface area contributed by atoms with Crippen LogP contribution in [0.2, 0.25) is 0 Å². The Balaban J connectivity index is 2.10. The minimum Gasteiger partial charge on any atom is -0.398 e. The van der Waals surface area contributed by atoms with Crippen LogP contribution < -0.4 is 11.1 Å². The second-order valence-electron chi connectivity index (χ2n) is 3.95. The molecule has 2 aromatic rings. The Labute approximate surface area is 124 Å². The summed E-state index contributed by atoms with van der Waals surface area (Å²) in [4.78, 5) is 13.2. The molecule has 0 spiro atoms. The highest BCUT2D eigenvalue weighted by Gasteiger charge is 2.12. The first-order valence-electron chi connectivity index (χ1n) is 5.47. The van der Waals surface area contributed by atoms with Gasteiger partial charge in [-0.1, -0.05) is 6.07 Å². The van der Waals surface area contributed by atoms with Gasteiger partial charge < -0.3 is 11.1 Å². The predicted octanol–water partition coefficient (Wildman–Crippen LogP) is 3.43. The van der Waals surface area contributed by atoms with E-state index in [2.05, 4.69) is 27.9 Å². The Morgan fingerprint density at radius 3 is 2.83 bits per heavy atom. The van der Waals surface area contributed by atoms with Crippen LogP contribution in [0.25, 0.3) is 0 Å². The number of carbonyl (C=O) groups is 1. The van der Waals surface area contributed by atoms with Crippen LogP contribution in [0.5, 0.6) is 0 Å². The Hall–Kier alpha value is -1.08. The van der Waals surface area contributed by atoms with E-state index in [1.54, 1.807) is 29.5 Å². The molecule has 2 rings (SSSR count). The average Bonchev–Trinajstić information content (AvgIpc) is 2.86. The largest absolute Gasteiger partial charge is 0.398 e. The van der Waals surface area contributed by atoms with Gasteiger partial charge in [-0.05, 0) is 59.2 Å². The van der Waals surface area contributed by atoms with Gasteiger partial charge in [-0.15, -0.1) is 11.3 Å². The number of carbonyl (C=O) groups excluding carboxylic acids is 1. The molecular formula is C13H13IN2OS. The zero-order valence-electron chi connectivity index (χ0n) is 9.81. The van der Waals surface area contributed by atoms with Gasteiger partial charge in [0.2, 0.25) is 0 Å². The summed E-state index contributed by atoms with van der Waals surface area (Å²) in [5.41, 5.74) is 7.06. The molecular weight excluding hydrogens is 359 g/mol. The number of amides is 1. The van der Waals surface area contributed by atoms with Crippen molar-refractivity contribution in [1.82, 2.24) is 5.32 Å². The summed E-state index contributed by atoms with van der Waals surface area (Å²) in [6.07, 6.45) is 0. The van der Waals surface area contributed by atoms with Crippen LogP contribution in [0.3, 0.4) is 0 Å². The van der Waals surface area contributed by atoms with E-state index < -0.39 is 0 Å². The highest BCUT2D eigenvalue weighted by molar-refractivity contribution is 14.1. The summed E-state index contributed by atoms with van der Waals surface area (Å²) in [6, 6.07) is 9.32. The minimum atomic E-state index is -0.0752. The molecule has 1 aromatic heterocycles. The molecule has 0 fully saturated rings. The van der Waals surface area contributed by atoms with Crippen molar-refractivity contribution >= 4 is 45.5 Å². The molecule has 1 amide bonds. The number of hydrogen-bond donors (Lipinski definition) is 2. The number of thiophene rings is 1. The van der Waals surface area contributed by atoms with Crippen LogP contribution in [-0.4, -0.2) is 5.91 Å². The maximum Gasteiger partial charge on any atom is 0.251 e. The molecule has 0 bridgehead atoms. The number of nitrogens with one attached hydrogen (secondary N) is 1. The van der Waals surface area contributed by atoms with E-state index in [0.717, 1.165) is 8.45 Å². The van der Waals surface area contributed by atoms with E-state index in [0.29, 0.717) is 11.3 Å². The van der Waals surface area contributed by atoms with Gasteiger partial charge in [0.25, 0.3) is 5.91 Å². The number of nitrogens with two attached hydrogens (primary N) is 1. The number of hydrogen-bond acceptors (Lipinski definition) is 3. The lowest BCUT2D eigenvalue weighted by Gasteiger charge is -2.12. The fourth-order valence-electron chi connectivity index (χ4n) is 1.56. The monoisotopic (exact) mass is 372 g/mol. The van der Waals surface area contributed by atoms with E-state index in [9.17, 15) is 4.79 Å². The Bertz CT molecular complexity index is 554. The summed E-state index contributed by atoms with van der Waals surface area (Å²) in [7, 11) is 0. The van der Waals surface area contributed by atoms with E-state index in [1.807, 2.05) is 24.4 Å². The normalized spacial score (nSPS) is 12.1. The molecule has 0 aliphatic carbocycles. The summed E-state index contributed by atoms with van der Waals surface area (Å²) >= 11 is 3.76. The third kappa shape index (κ3) is 3.02. The highest BCUT2D eigenvalue weighted by atomic mass is 127. The number of nitrogen functional groups attached to an aromatic ring is 1. The van der Waals surface area contributed by atoms with Crippen LogP contribution >= 0.6 is 33.9 Å². The van der Waals surface area contributed by atoms with Crippen molar-refractivity contribution < 1.29 is 4.79 Å². The van der Waals surface area contributed by atoms with E-state index >= 15 is 0 Å². The van der Waals surface area contributed by atoms with E-state index in [1.165, 1.54) is 0 Å². The number of benzene rings is 1. The topological polar surface area (TPSA) is 55.1 Å². The SMILES string of the molecule is CC(NC(=O)c1ccc(N)c(I)c1)c1cccs1. The zero-order valence-corrected chi connectivity index (χ0v) is 12.8. The summed E-state index contributed by atoms with van der Waals surface area (Å²) < 4.78 is 0.893. The molecule has 1 atom stereocenters. The fraction of sp³-hybridized carbons (Fsp3) is 0.154. The lowest BCUT2D eigenvalue weighted by Crippen LogP contribution is -2.26. The van der Waals surface area contributed by atoms with Crippen LogP contribution in [0.15, 0.2) is 35.7 Å². The molecule has 0 radical (unpaired) electrons. The molecule has 0 aliphatic heterocycles. The van der Waals surface area contributed by atoms with Gasteiger partial charge >= 0.3 is 0 Å². The van der Waals surface area contributed by atoms with Crippen molar-refractivity contribution in [3.05, 3.63) is 49.7 Å². The fourth-order valence-corrected chi connectivity index (χ4v) is 2.81. The van der Waals surface area contributed by atoms with Crippen LogP contribution in [0.1, 0.15) is 28.2 Å². The van der Waals surface area contributed by atoms with Crippen LogP contribution in [0, 0.1) is 3.57 Å². The first kappa shape index (κ1) is 13.4. The summed E-state index contributed by atoms with van der Waals surface area (Å²) in [6.45, 7) is 1.98. The van der Waals surface area contributed by atoms with Gasteiger partial charge in [0.15, 0.2) is 0 Å². The molecule has 0 aliphatic rings. The van der Waals surface area contributed by atoms with Crippen molar-refractivity contribution in [3.8, 4) is 0 Å². The molecule has 3 nitrogen and oxygen atoms in total. The van der Waals surface area contributed by atoms with Crippen molar-refractivity contribution in [2.45, 2.75) is 13.0 Å². The van der Waals surface area contributed by atoms with E-state index in [-0.39, 0.29) is 11.9 Å². The lowest BCUT2D eigenvalue weighted by atomic mass is 10.2. The van der Waals surface area contributed by atoms with Gasteiger partial charge in [0, 0.05) is 19.7 Å². The van der Waals surface area contributed by atoms with Crippen molar-refractivity contribution in [1.29, 1.82) is 0 Å². The minimum absolute atomic E-state index is 0.0210. The van der Waals surface area contributed by atoms with Gasteiger partial charge in [-0.3, -0.25) is 4.79 Å². The highest BCUT2D eigenvalue weighted by Crippen LogP contribution is 2.20. The van der Waals surface area contributed by atoms with Gasteiger partial charge in [0.05, 0.1) is 6.04 Å². The molecule has 94 valence electrons. The molecule has 1 aromatic carbocycles. The molecule has 5 heteroatoms. The maximum absolute atomic E-state index is 12.1. The van der Waals surface area contributed by atoms with Crippen molar-refractivity contribution in [2.24, 2.45) is 0 Å². The average molecular weight is 372 g/mol. The second-order valence-corrected chi connectivity index (χ2v) is 6.09. The Kier molecular flexibility index (Phi) is 4.23. The zero-order chi connectivity index (χ0) is 13.1. The Morgan fingerprint density at radius 1 is 1.44 bits per heavy atom. The standard InChI is InChI=1S/C13H13IN2OS/c1-8(12-3-2-6-18-12)16-13(17)9-4-5-11(15)10(14)7-9/h2-8H,15H2,1H3,(H,16,17). The third-order valence-corrected chi connectivity index (χ3v) is 4.57. The van der Waals surface area contributed by atoms with E-state index in [4.69, 9.17) is 5.73 Å². The molecule has 0 saturated carbocycles. The number of anilines is 1. The smallest absolute Gasteiger partial charge is 0.251 e. The number of rotatable bonds is 3.